The molecule has 1 aromatic rings. The normalized spacial score (nSPS) is 15.0. The smallest absolute Gasteiger partial charge is 0.337 e. The first-order chi connectivity index (χ1) is 14.0. The molecule has 2 amide bonds. The van der Waals surface area contributed by atoms with Crippen molar-refractivity contribution in [2.75, 3.05) is 0 Å². The highest BCUT2D eigenvalue weighted by Crippen LogP contribution is 2.20. The Morgan fingerprint density at radius 3 is 2.10 bits per heavy atom. The van der Waals surface area contributed by atoms with Gasteiger partial charge in [0.1, 0.15) is 12.2 Å². The van der Waals surface area contributed by atoms with Gasteiger partial charge in [0.05, 0.1) is 18.8 Å². The zero-order chi connectivity index (χ0) is 22.3. The van der Waals surface area contributed by atoms with Crippen LogP contribution in [0.4, 0.5) is 0 Å². The molecule has 9 heteroatoms. The summed E-state index contributed by atoms with van der Waals surface area (Å²) in [4.78, 5) is 65.2. The molecule has 0 radical (unpaired) electrons. The van der Waals surface area contributed by atoms with Crippen LogP contribution < -0.4 is 0 Å². The molecular formula is C21H25NO8. The lowest BCUT2D eigenvalue weighted by Gasteiger charge is -2.22. The molecule has 0 bridgehead atoms. The van der Waals surface area contributed by atoms with Crippen molar-refractivity contribution in [2.45, 2.75) is 58.7 Å². The molecule has 162 valence electrons. The Labute approximate surface area is 174 Å². The third kappa shape index (κ3) is 7.31. The third-order valence-electron chi connectivity index (χ3n) is 4.01. The van der Waals surface area contributed by atoms with Crippen LogP contribution >= 0.6 is 0 Å². The largest absolute Gasteiger partial charge is 0.461 e. The van der Waals surface area contributed by atoms with Gasteiger partial charge in [-0.05, 0) is 26.3 Å². The van der Waals surface area contributed by atoms with Crippen molar-refractivity contribution in [3.8, 4) is 0 Å². The fourth-order valence-electron chi connectivity index (χ4n) is 2.64. The number of imide groups is 1. The van der Waals surface area contributed by atoms with Gasteiger partial charge in [0.15, 0.2) is 0 Å². The lowest BCUT2D eigenvalue weighted by molar-refractivity contribution is -0.201. The van der Waals surface area contributed by atoms with Crippen molar-refractivity contribution in [3.63, 3.8) is 0 Å². The molecule has 1 aliphatic heterocycles. The predicted octanol–water partition coefficient (Wildman–Crippen LogP) is 2.08. The molecule has 1 atom stereocenters. The summed E-state index contributed by atoms with van der Waals surface area (Å²) in [5, 5.41) is 0.375. The summed E-state index contributed by atoms with van der Waals surface area (Å²) in [5.74, 6) is -5.10. The Hall–Kier alpha value is -3.23. The summed E-state index contributed by atoms with van der Waals surface area (Å²) >= 11 is 0. The Bertz CT molecular complexity index is 796. The number of carbonyl (C=O) groups is 5. The summed E-state index contributed by atoms with van der Waals surface area (Å²) in [5.41, 5.74) is -0.0364. The summed E-state index contributed by atoms with van der Waals surface area (Å²) in [7, 11) is 0. The summed E-state index contributed by atoms with van der Waals surface area (Å²) < 4.78 is 10.4. The van der Waals surface area contributed by atoms with Crippen molar-refractivity contribution in [2.24, 2.45) is 5.92 Å². The van der Waals surface area contributed by atoms with E-state index < -0.39 is 54.1 Å². The topological polar surface area (TPSA) is 116 Å². The fourth-order valence-corrected chi connectivity index (χ4v) is 2.64. The zero-order valence-electron chi connectivity index (χ0n) is 17.2. The van der Waals surface area contributed by atoms with Crippen LogP contribution in [0.3, 0.4) is 0 Å². The molecule has 1 fully saturated rings. The number of hydrogen-bond acceptors (Lipinski definition) is 8. The number of hydrogen-bond donors (Lipinski definition) is 0. The Kier molecular flexibility index (Phi) is 7.68. The van der Waals surface area contributed by atoms with Crippen LogP contribution in [0.1, 0.15) is 52.0 Å². The maximum Gasteiger partial charge on any atom is 0.337 e. The van der Waals surface area contributed by atoms with E-state index in [2.05, 4.69) is 0 Å². The average molecular weight is 419 g/mol. The SMILES string of the molecule is CC(C)(C)OC(=O)C[C@H](CC(=O)OCc1ccccc1)C(=O)ON1C(=O)CCC1=O. The minimum absolute atomic E-state index is 0.00300. The van der Waals surface area contributed by atoms with Gasteiger partial charge >= 0.3 is 17.9 Å². The van der Waals surface area contributed by atoms with Gasteiger partial charge in [-0.3, -0.25) is 19.2 Å². The van der Waals surface area contributed by atoms with E-state index in [0.29, 0.717) is 5.06 Å². The molecular weight excluding hydrogens is 394 g/mol. The maximum atomic E-state index is 12.5. The second-order valence-electron chi connectivity index (χ2n) is 7.83. The summed E-state index contributed by atoms with van der Waals surface area (Å²) in [6, 6.07) is 8.93. The van der Waals surface area contributed by atoms with E-state index in [0.717, 1.165) is 5.56 Å². The Morgan fingerprint density at radius 1 is 0.967 bits per heavy atom. The first kappa shape index (κ1) is 23.1. The van der Waals surface area contributed by atoms with Crippen LogP contribution in [-0.4, -0.2) is 40.4 Å². The molecule has 0 unspecified atom stereocenters. The first-order valence-electron chi connectivity index (χ1n) is 9.54. The van der Waals surface area contributed by atoms with E-state index in [1.54, 1.807) is 45.0 Å². The molecule has 1 aliphatic rings. The van der Waals surface area contributed by atoms with Gasteiger partial charge in [0.2, 0.25) is 0 Å². The molecule has 9 nitrogen and oxygen atoms in total. The van der Waals surface area contributed by atoms with Crippen molar-refractivity contribution in [1.82, 2.24) is 5.06 Å². The van der Waals surface area contributed by atoms with E-state index in [4.69, 9.17) is 14.3 Å². The van der Waals surface area contributed by atoms with Gasteiger partial charge in [-0.15, -0.1) is 5.06 Å². The van der Waals surface area contributed by atoms with Crippen LogP contribution in [0.25, 0.3) is 0 Å². The lowest BCUT2D eigenvalue weighted by Crippen LogP contribution is -2.36. The first-order valence-corrected chi connectivity index (χ1v) is 9.54. The Morgan fingerprint density at radius 2 is 1.53 bits per heavy atom. The van der Waals surface area contributed by atoms with Crippen molar-refractivity contribution in [3.05, 3.63) is 35.9 Å². The maximum absolute atomic E-state index is 12.5. The molecule has 0 N–H and O–H groups in total. The van der Waals surface area contributed by atoms with Gasteiger partial charge in [-0.25, -0.2) is 4.79 Å². The van der Waals surface area contributed by atoms with Crippen LogP contribution in [0.2, 0.25) is 0 Å². The standard InChI is InChI=1S/C21H25NO8/c1-21(2,3)29-19(26)12-15(20(27)30-22-16(23)9-10-17(22)24)11-18(25)28-13-14-7-5-4-6-8-14/h4-8,15H,9-13H2,1-3H3/t15-/m0/s1. The lowest BCUT2D eigenvalue weighted by atomic mass is 10.0. The fraction of sp³-hybridized carbons (Fsp3) is 0.476. The van der Waals surface area contributed by atoms with E-state index in [9.17, 15) is 24.0 Å². The quantitative estimate of drug-likeness (QED) is 0.464. The monoisotopic (exact) mass is 419 g/mol. The van der Waals surface area contributed by atoms with Crippen molar-refractivity contribution < 1.29 is 38.3 Å². The van der Waals surface area contributed by atoms with Crippen LogP contribution in [0.15, 0.2) is 30.3 Å². The van der Waals surface area contributed by atoms with Gasteiger partial charge in [-0.2, -0.15) is 0 Å². The Balaban J connectivity index is 2.02. The summed E-state index contributed by atoms with van der Waals surface area (Å²) in [6.07, 6.45) is -1.07. The van der Waals surface area contributed by atoms with Gasteiger partial charge < -0.3 is 14.3 Å². The molecule has 1 aromatic carbocycles. The van der Waals surface area contributed by atoms with Crippen LogP contribution in [0, 0.1) is 5.92 Å². The van der Waals surface area contributed by atoms with Gasteiger partial charge in [0, 0.05) is 12.8 Å². The van der Waals surface area contributed by atoms with Gasteiger partial charge in [-0.1, -0.05) is 30.3 Å². The molecule has 0 aliphatic carbocycles. The van der Waals surface area contributed by atoms with Crippen LogP contribution in [0.5, 0.6) is 0 Å². The van der Waals surface area contributed by atoms with Crippen molar-refractivity contribution >= 4 is 29.7 Å². The highest BCUT2D eigenvalue weighted by Gasteiger charge is 2.37. The average Bonchev–Trinajstić information content (AvgIpc) is 2.97. The molecule has 2 rings (SSSR count). The molecule has 30 heavy (non-hydrogen) atoms. The number of nitrogens with zero attached hydrogens (tertiary/aromatic N) is 1. The summed E-state index contributed by atoms with van der Waals surface area (Å²) in [6.45, 7) is 4.98. The molecule has 1 saturated heterocycles. The van der Waals surface area contributed by atoms with E-state index in [1.165, 1.54) is 0 Å². The number of ether oxygens (including phenoxy) is 2. The number of benzene rings is 1. The van der Waals surface area contributed by atoms with Crippen LogP contribution in [-0.2, 0) is 44.9 Å². The van der Waals surface area contributed by atoms with E-state index in [-0.39, 0.29) is 19.4 Å². The molecule has 0 aromatic heterocycles. The highest BCUT2D eigenvalue weighted by atomic mass is 16.7. The van der Waals surface area contributed by atoms with Gasteiger partial charge in [0.25, 0.3) is 11.8 Å². The highest BCUT2D eigenvalue weighted by molar-refractivity contribution is 6.01. The van der Waals surface area contributed by atoms with E-state index >= 15 is 0 Å². The van der Waals surface area contributed by atoms with E-state index in [1.807, 2.05) is 6.07 Å². The number of rotatable bonds is 8. The second kappa shape index (κ2) is 10.00. The number of esters is 2. The molecule has 1 heterocycles. The zero-order valence-corrected chi connectivity index (χ0v) is 17.2. The second-order valence-corrected chi connectivity index (χ2v) is 7.83. The number of carbonyl (C=O) groups excluding carboxylic acids is 5. The van der Waals surface area contributed by atoms with Crippen molar-refractivity contribution in [1.29, 1.82) is 0 Å². The minimum atomic E-state index is -1.27. The number of hydroxylamine groups is 2. The minimum Gasteiger partial charge on any atom is -0.461 e. The molecule has 0 spiro atoms. The third-order valence-corrected chi connectivity index (χ3v) is 4.01. The molecule has 0 saturated carbocycles. The predicted molar refractivity (Wildman–Crippen MR) is 102 cm³/mol. The number of amides is 2.